The summed E-state index contributed by atoms with van der Waals surface area (Å²) in [6, 6.07) is 9.53. The average Bonchev–Trinajstić information content (AvgIpc) is 2.96. The molecule has 0 atom stereocenters. The molecule has 2 aromatic carbocycles. The number of rotatable bonds is 3. The standard InChI is InChI=1S/C20H22ClN3O4.HI/c1-22-20(24-14-3-4-16-17(11-14)26-6-2-5-25-16)23-12-13-9-15(21)19-18(10-13)27-7-8-28-19;/h3-4,9-11H,2,5-8,12H2,1H3,(H2,22,23,24);1H. The van der Waals surface area contributed by atoms with Gasteiger partial charge in [-0.2, -0.15) is 0 Å². The van der Waals surface area contributed by atoms with E-state index in [1.807, 2.05) is 30.3 Å². The van der Waals surface area contributed by atoms with Crippen molar-refractivity contribution < 1.29 is 18.9 Å². The van der Waals surface area contributed by atoms with Crippen LogP contribution in [0.4, 0.5) is 5.69 Å². The van der Waals surface area contributed by atoms with E-state index in [0.29, 0.717) is 55.5 Å². The van der Waals surface area contributed by atoms with Gasteiger partial charge in [0.2, 0.25) is 0 Å². The lowest BCUT2D eigenvalue weighted by Crippen LogP contribution is -2.30. The van der Waals surface area contributed by atoms with Gasteiger partial charge >= 0.3 is 0 Å². The van der Waals surface area contributed by atoms with Gasteiger partial charge in [-0.05, 0) is 29.8 Å². The Labute approximate surface area is 191 Å². The fourth-order valence-electron chi connectivity index (χ4n) is 3.01. The van der Waals surface area contributed by atoms with Gasteiger partial charge in [-0.1, -0.05) is 11.6 Å². The van der Waals surface area contributed by atoms with E-state index in [-0.39, 0.29) is 24.0 Å². The third-order valence-corrected chi connectivity index (χ3v) is 4.63. The second kappa shape index (κ2) is 10.1. The van der Waals surface area contributed by atoms with Crippen LogP contribution < -0.4 is 29.6 Å². The van der Waals surface area contributed by atoms with Crippen molar-refractivity contribution in [3.8, 4) is 23.0 Å². The van der Waals surface area contributed by atoms with Crippen LogP contribution in [0.3, 0.4) is 0 Å². The van der Waals surface area contributed by atoms with Gasteiger partial charge < -0.3 is 29.6 Å². The van der Waals surface area contributed by atoms with Crippen molar-refractivity contribution >= 4 is 47.2 Å². The Bertz CT molecular complexity index is 894. The molecular weight excluding hydrogens is 509 g/mol. The highest BCUT2D eigenvalue weighted by molar-refractivity contribution is 14.0. The molecule has 0 fully saturated rings. The summed E-state index contributed by atoms with van der Waals surface area (Å²) in [4.78, 5) is 4.27. The number of hydrogen-bond acceptors (Lipinski definition) is 5. The number of fused-ring (bicyclic) bond motifs is 2. The van der Waals surface area contributed by atoms with Gasteiger partial charge in [-0.15, -0.1) is 24.0 Å². The largest absolute Gasteiger partial charge is 0.490 e. The third kappa shape index (κ3) is 5.30. The monoisotopic (exact) mass is 531 g/mol. The van der Waals surface area contributed by atoms with E-state index in [9.17, 15) is 0 Å². The van der Waals surface area contributed by atoms with Crippen molar-refractivity contribution in [1.29, 1.82) is 0 Å². The number of nitrogens with zero attached hydrogens (tertiary/aromatic N) is 1. The van der Waals surface area contributed by atoms with Crippen molar-refractivity contribution in [2.45, 2.75) is 13.0 Å². The van der Waals surface area contributed by atoms with Crippen LogP contribution >= 0.6 is 35.6 Å². The van der Waals surface area contributed by atoms with Gasteiger partial charge in [0.15, 0.2) is 29.0 Å². The number of anilines is 1. The molecule has 7 nitrogen and oxygen atoms in total. The van der Waals surface area contributed by atoms with Crippen molar-refractivity contribution in [2.75, 3.05) is 38.8 Å². The molecule has 4 rings (SSSR count). The lowest BCUT2D eigenvalue weighted by Gasteiger charge is -2.20. The summed E-state index contributed by atoms with van der Waals surface area (Å²) < 4.78 is 22.6. The predicted molar refractivity (Wildman–Crippen MR) is 124 cm³/mol. The molecule has 2 N–H and O–H groups in total. The molecule has 0 unspecified atom stereocenters. The Morgan fingerprint density at radius 3 is 2.55 bits per heavy atom. The van der Waals surface area contributed by atoms with Crippen LogP contribution in [0.1, 0.15) is 12.0 Å². The summed E-state index contributed by atoms with van der Waals surface area (Å²) >= 11 is 6.30. The van der Waals surface area contributed by atoms with E-state index in [0.717, 1.165) is 29.2 Å². The molecule has 0 radical (unpaired) electrons. The number of hydrogen-bond donors (Lipinski definition) is 2. The Morgan fingerprint density at radius 2 is 1.72 bits per heavy atom. The van der Waals surface area contributed by atoms with Crippen LogP contribution in [0.25, 0.3) is 0 Å². The van der Waals surface area contributed by atoms with E-state index < -0.39 is 0 Å². The van der Waals surface area contributed by atoms with Crippen molar-refractivity contribution in [3.05, 3.63) is 40.9 Å². The first-order chi connectivity index (χ1) is 13.7. The van der Waals surface area contributed by atoms with Crippen LogP contribution in [0.2, 0.25) is 5.02 Å². The third-order valence-electron chi connectivity index (χ3n) is 4.35. The lowest BCUT2D eigenvalue weighted by molar-refractivity contribution is 0.171. The summed E-state index contributed by atoms with van der Waals surface area (Å²) in [5, 5.41) is 7.07. The molecule has 2 aliphatic rings. The van der Waals surface area contributed by atoms with E-state index in [1.54, 1.807) is 7.05 Å². The second-order valence-corrected chi connectivity index (χ2v) is 6.77. The number of guanidine groups is 1. The topological polar surface area (TPSA) is 73.3 Å². The molecule has 0 aromatic heterocycles. The maximum Gasteiger partial charge on any atom is 0.195 e. The number of halogens is 2. The summed E-state index contributed by atoms with van der Waals surface area (Å²) in [6.07, 6.45) is 0.874. The van der Waals surface area contributed by atoms with Gasteiger partial charge in [0.1, 0.15) is 13.2 Å². The van der Waals surface area contributed by atoms with Crippen LogP contribution in [0.5, 0.6) is 23.0 Å². The summed E-state index contributed by atoms with van der Waals surface area (Å²) in [6.45, 7) is 2.87. The molecule has 0 aliphatic carbocycles. The minimum absolute atomic E-state index is 0. The van der Waals surface area contributed by atoms with Gasteiger partial charge in [-0.25, -0.2) is 0 Å². The van der Waals surface area contributed by atoms with E-state index in [1.165, 1.54) is 0 Å². The Morgan fingerprint density at radius 1 is 0.966 bits per heavy atom. The molecule has 2 aromatic rings. The van der Waals surface area contributed by atoms with Gasteiger partial charge in [0.25, 0.3) is 0 Å². The molecule has 29 heavy (non-hydrogen) atoms. The van der Waals surface area contributed by atoms with Crippen LogP contribution in [0.15, 0.2) is 35.3 Å². The Balaban J connectivity index is 0.00000240. The molecule has 156 valence electrons. The summed E-state index contributed by atoms with van der Waals surface area (Å²) in [5.41, 5.74) is 1.83. The lowest BCUT2D eigenvalue weighted by atomic mass is 10.2. The zero-order chi connectivity index (χ0) is 19.3. The van der Waals surface area contributed by atoms with Crippen molar-refractivity contribution in [1.82, 2.24) is 5.32 Å². The van der Waals surface area contributed by atoms with Crippen LogP contribution in [-0.4, -0.2) is 39.4 Å². The molecule has 9 heteroatoms. The SMILES string of the molecule is CN=C(NCc1cc(Cl)c2c(c1)OCCO2)Nc1ccc2c(c1)OCCCO2.I. The highest BCUT2D eigenvalue weighted by Gasteiger charge is 2.17. The zero-order valence-electron chi connectivity index (χ0n) is 16.0. The number of benzene rings is 2. The maximum atomic E-state index is 6.30. The smallest absolute Gasteiger partial charge is 0.195 e. The van der Waals surface area contributed by atoms with E-state index in [2.05, 4.69) is 15.6 Å². The Kier molecular flexibility index (Phi) is 7.54. The molecule has 0 saturated carbocycles. The fourth-order valence-corrected chi connectivity index (χ4v) is 3.30. The summed E-state index contributed by atoms with van der Waals surface area (Å²) in [7, 11) is 1.72. The number of nitrogens with one attached hydrogen (secondary N) is 2. The molecule has 2 aliphatic heterocycles. The van der Waals surface area contributed by atoms with Gasteiger partial charge in [-0.3, -0.25) is 4.99 Å². The number of ether oxygens (including phenoxy) is 4. The minimum Gasteiger partial charge on any atom is -0.490 e. The molecule has 0 spiro atoms. The first-order valence-electron chi connectivity index (χ1n) is 9.18. The normalized spacial score (nSPS) is 15.0. The number of aliphatic imine (C=N–C) groups is 1. The van der Waals surface area contributed by atoms with Gasteiger partial charge in [0.05, 0.1) is 18.2 Å². The first-order valence-corrected chi connectivity index (χ1v) is 9.56. The van der Waals surface area contributed by atoms with Crippen molar-refractivity contribution in [3.63, 3.8) is 0 Å². The quantitative estimate of drug-likeness (QED) is 0.353. The first kappa shape index (κ1) is 21.6. The molecule has 0 saturated heterocycles. The molecular formula is C20H23ClIN3O4. The zero-order valence-corrected chi connectivity index (χ0v) is 19.1. The fraction of sp³-hybridized carbons (Fsp3) is 0.350. The molecule has 0 bridgehead atoms. The maximum absolute atomic E-state index is 6.30. The van der Waals surface area contributed by atoms with E-state index in [4.69, 9.17) is 30.5 Å². The highest BCUT2D eigenvalue weighted by Crippen LogP contribution is 2.38. The Hall–Kier alpha value is -2.07. The molecule has 2 heterocycles. The van der Waals surface area contributed by atoms with Crippen LogP contribution in [-0.2, 0) is 6.54 Å². The van der Waals surface area contributed by atoms with Gasteiger partial charge in [0, 0.05) is 31.8 Å². The predicted octanol–water partition coefficient (Wildman–Crippen LogP) is 4.08. The van der Waals surface area contributed by atoms with Crippen LogP contribution in [0, 0.1) is 0 Å². The molecule has 0 amide bonds. The average molecular weight is 532 g/mol. The second-order valence-electron chi connectivity index (χ2n) is 6.36. The summed E-state index contributed by atoms with van der Waals surface area (Å²) in [5.74, 6) is 3.39. The highest BCUT2D eigenvalue weighted by atomic mass is 127. The minimum atomic E-state index is 0. The van der Waals surface area contributed by atoms with Crippen molar-refractivity contribution in [2.24, 2.45) is 4.99 Å². The van der Waals surface area contributed by atoms with E-state index >= 15 is 0 Å².